The topological polar surface area (TPSA) is 78.5 Å². The largest absolute Gasteiger partial charge is 0.497 e. The third kappa shape index (κ3) is 4.28. The van der Waals surface area contributed by atoms with Crippen LogP contribution in [0.4, 0.5) is 0 Å². The fourth-order valence-electron chi connectivity index (χ4n) is 4.26. The zero-order valence-corrected chi connectivity index (χ0v) is 16.9. The second-order valence-corrected chi connectivity index (χ2v) is 7.86. The number of nitrogens with zero attached hydrogens (tertiary/aromatic N) is 3. The minimum Gasteiger partial charge on any atom is -0.497 e. The first kappa shape index (κ1) is 19.5. The third-order valence-corrected chi connectivity index (χ3v) is 6.05. The number of aromatic nitrogens is 2. The standard InChI is InChI=1S/C22H28N4O3/c1-29-18-9-7-17(8-10-18)21(27)25-11-13-26(14-12-25)22(28)20-15-19(23-24-20)16-5-3-2-4-6-16/h7-10,15-16H,2-6,11-14H2,1H3,(H,23,24). The van der Waals surface area contributed by atoms with Gasteiger partial charge in [0.1, 0.15) is 11.4 Å². The molecule has 1 saturated heterocycles. The normalized spacial score (nSPS) is 18.0. The van der Waals surface area contributed by atoms with Crippen molar-refractivity contribution in [1.82, 2.24) is 20.0 Å². The Kier molecular flexibility index (Phi) is 5.83. The minimum atomic E-state index is -0.0557. The molecule has 1 saturated carbocycles. The number of nitrogens with one attached hydrogen (secondary N) is 1. The van der Waals surface area contributed by atoms with E-state index >= 15 is 0 Å². The quantitative estimate of drug-likeness (QED) is 0.862. The lowest BCUT2D eigenvalue weighted by molar-refractivity contribution is 0.0532. The number of H-pyrrole nitrogens is 1. The molecule has 0 radical (unpaired) electrons. The van der Waals surface area contributed by atoms with Gasteiger partial charge in [-0.1, -0.05) is 19.3 Å². The molecule has 1 aliphatic carbocycles. The van der Waals surface area contributed by atoms with Crippen LogP contribution in [0.15, 0.2) is 30.3 Å². The van der Waals surface area contributed by atoms with Gasteiger partial charge in [0.2, 0.25) is 0 Å². The Bertz CT molecular complexity index is 847. The van der Waals surface area contributed by atoms with Crippen LogP contribution >= 0.6 is 0 Å². The van der Waals surface area contributed by atoms with Gasteiger partial charge in [-0.05, 0) is 43.2 Å². The van der Waals surface area contributed by atoms with E-state index < -0.39 is 0 Å². The summed E-state index contributed by atoms with van der Waals surface area (Å²) in [6.45, 7) is 2.09. The molecule has 1 N–H and O–H groups in total. The van der Waals surface area contributed by atoms with Crippen LogP contribution in [0.25, 0.3) is 0 Å². The Balaban J connectivity index is 1.33. The van der Waals surface area contributed by atoms with Gasteiger partial charge in [-0.3, -0.25) is 14.7 Å². The summed E-state index contributed by atoms with van der Waals surface area (Å²) in [7, 11) is 1.60. The first-order valence-electron chi connectivity index (χ1n) is 10.4. The Morgan fingerprint density at radius 1 is 0.966 bits per heavy atom. The van der Waals surface area contributed by atoms with E-state index in [9.17, 15) is 9.59 Å². The molecule has 2 heterocycles. The number of ether oxygens (including phenoxy) is 1. The van der Waals surface area contributed by atoms with Crippen LogP contribution in [0, 0.1) is 0 Å². The number of aromatic amines is 1. The number of rotatable bonds is 4. The predicted octanol–water partition coefficient (Wildman–Crippen LogP) is 3.06. The zero-order chi connectivity index (χ0) is 20.2. The number of hydrogen-bond acceptors (Lipinski definition) is 4. The average molecular weight is 396 g/mol. The van der Waals surface area contributed by atoms with Gasteiger partial charge < -0.3 is 14.5 Å². The summed E-state index contributed by atoms with van der Waals surface area (Å²) in [4.78, 5) is 29.1. The van der Waals surface area contributed by atoms with Crippen molar-refractivity contribution in [2.75, 3.05) is 33.3 Å². The second-order valence-electron chi connectivity index (χ2n) is 7.86. The SMILES string of the molecule is COc1ccc(C(=O)N2CCN(C(=O)c3cc(C4CCCCC4)[nH]n3)CC2)cc1. The molecule has 29 heavy (non-hydrogen) atoms. The summed E-state index contributed by atoms with van der Waals surface area (Å²) in [5, 5.41) is 7.36. The second kappa shape index (κ2) is 8.68. The zero-order valence-electron chi connectivity index (χ0n) is 16.9. The maximum absolute atomic E-state index is 12.8. The molecule has 2 fully saturated rings. The molecule has 0 atom stereocenters. The van der Waals surface area contributed by atoms with Gasteiger partial charge in [-0.2, -0.15) is 5.10 Å². The highest BCUT2D eigenvalue weighted by molar-refractivity contribution is 5.95. The number of benzene rings is 1. The van der Waals surface area contributed by atoms with Crippen molar-refractivity contribution in [3.05, 3.63) is 47.3 Å². The Morgan fingerprint density at radius 2 is 1.59 bits per heavy atom. The van der Waals surface area contributed by atoms with Gasteiger partial charge in [-0.15, -0.1) is 0 Å². The van der Waals surface area contributed by atoms with Crippen molar-refractivity contribution in [3.63, 3.8) is 0 Å². The van der Waals surface area contributed by atoms with Gasteiger partial charge >= 0.3 is 0 Å². The van der Waals surface area contributed by atoms with Crippen LogP contribution in [0.1, 0.15) is 64.6 Å². The molecule has 0 unspecified atom stereocenters. The Hall–Kier alpha value is -2.83. The highest BCUT2D eigenvalue weighted by Crippen LogP contribution is 2.31. The van der Waals surface area contributed by atoms with Crippen molar-refractivity contribution >= 4 is 11.8 Å². The molecular formula is C22H28N4O3. The Labute approximate surface area is 171 Å². The molecule has 7 nitrogen and oxygen atoms in total. The molecule has 0 spiro atoms. The lowest BCUT2D eigenvalue weighted by Crippen LogP contribution is -2.50. The van der Waals surface area contributed by atoms with E-state index in [1.54, 1.807) is 41.2 Å². The van der Waals surface area contributed by atoms with E-state index in [1.807, 2.05) is 6.07 Å². The molecule has 2 aliphatic rings. The minimum absolute atomic E-state index is 0.0147. The van der Waals surface area contributed by atoms with E-state index in [0.29, 0.717) is 43.4 Å². The van der Waals surface area contributed by atoms with Gasteiger partial charge in [0.25, 0.3) is 11.8 Å². The number of hydrogen-bond donors (Lipinski definition) is 1. The molecule has 2 amide bonds. The van der Waals surface area contributed by atoms with Gasteiger partial charge in [0, 0.05) is 43.4 Å². The van der Waals surface area contributed by atoms with Crippen molar-refractivity contribution in [3.8, 4) is 5.75 Å². The first-order valence-corrected chi connectivity index (χ1v) is 10.4. The number of methoxy groups -OCH3 is 1. The predicted molar refractivity (Wildman–Crippen MR) is 109 cm³/mol. The molecule has 1 aliphatic heterocycles. The van der Waals surface area contributed by atoms with E-state index in [1.165, 1.54) is 32.1 Å². The van der Waals surface area contributed by atoms with Crippen LogP contribution in [0.2, 0.25) is 0 Å². The molecule has 1 aromatic heterocycles. The van der Waals surface area contributed by atoms with Crippen molar-refractivity contribution < 1.29 is 14.3 Å². The van der Waals surface area contributed by atoms with E-state index in [2.05, 4.69) is 10.2 Å². The molecule has 2 aromatic rings. The smallest absolute Gasteiger partial charge is 0.274 e. The van der Waals surface area contributed by atoms with Crippen molar-refractivity contribution in [1.29, 1.82) is 0 Å². The molecule has 154 valence electrons. The summed E-state index contributed by atoms with van der Waals surface area (Å²) in [6, 6.07) is 9.04. The van der Waals surface area contributed by atoms with Gasteiger partial charge in [0.15, 0.2) is 0 Å². The van der Waals surface area contributed by atoms with E-state index in [-0.39, 0.29) is 11.8 Å². The highest BCUT2D eigenvalue weighted by atomic mass is 16.5. The Morgan fingerprint density at radius 3 is 2.21 bits per heavy atom. The maximum atomic E-state index is 12.8. The van der Waals surface area contributed by atoms with Crippen LogP contribution in [0.3, 0.4) is 0 Å². The maximum Gasteiger partial charge on any atom is 0.274 e. The average Bonchev–Trinajstić information content (AvgIpc) is 3.29. The fourth-order valence-corrected chi connectivity index (χ4v) is 4.26. The van der Waals surface area contributed by atoms with Crippen LogP contribution < -0.4 is 4.74 Å². The van der Waals surface area contributed by atoms with Crippen LogP contribution in [-0.2, 0) is 0 Å². The van der Waals surface area contributed by atoms with E-state index in [4.69, 9.17) is 4.74 Å². The summed E-state index contributed by atoms with van der Waals surface area (Å²) in [5.74, 6) is 1.15. The lowest BCUT2D eigenvalue weighted by Gasteiger charge is -2.34. The van der Waals surface area contributed by atoms with Crippen molar-refractivity contribution in [2.45, 2.75) is 38.0 Å². The van der Waals surface area contributed by atoms with Crippen LogP contribution in [-0.4, -0.2) is 65.1 Å². The molecule has 1 aromatic carbocycles. The number of amides is 2. The van der Waals surface area contributed by atoms with Gasteiger partial charge in [-0.25, -0.2) is 0 Å². The molecule has 7 heteroatoms. The number of carbonyl (C=O) groups is 2. The molecular weight excluding hydrogens is 368 g/mol. The van der Waals surface area contributed by atoms with Gasteiger partial charge in [0.05, 0.1) is 7.11 Å². The van der Waals surface area contributed by atoms with Crippen LogP contribution in [0.5, 0.6) is 5.75 Å². The molecule has 4 rings (SSSR count). The van der Waals surface area contributed by atoms with Crippen molar-refractivity contribution in [2.24, 2.45) is 0 Å². The highest BCUT2D eigenvalue weighted by Gasteiger charge is 2.27. The monoisotopic (exact) mass is 396 g/mol. The summed E-state index contributed by atoms with van der Waals surface area (Å²) in [6.07, 6.45) is 6.13. The van der Waals surface area contributed by atoms with E-state index in [0.717, 1.165) is 11.4 Å². The summed E-state index contributed by atoms with van der Waals surface area (Å²) < 4.78 is 5.14. The molecule has 0 bridgehead atoms. The number of carbonyl (C=O) groups excluding carboxylic acids is 2. The fraction of sp³-hybridized carbons (Fsp3) is 0.500. The lowest BCUT2D eigenvalue weighted by atomic mass is 9.87. The first-order chi connectivity index (χ1) is 14.2. The third-order valence-electron chi connectivity index (χ3n) is 6.05. The summed E-state index contributed by atoms with van der Waals surface area (Å²) in [5.41, 5.74) is 2.21. The summed E-state index contributed by atoms with van der Waals surface area (Å²) >= 11 is 0. The number of piperazine rings is 1.